The highest BCUT2D eigenvalue weighted by molar-refractivity contribution is 5.81. The molecule has 0 fully saturated rings. The Bertz CT molecular complexity index is 1140. The van der Waals surface area contributed by atoms with Crippen LogP contribution in [0.3, 0.4) is 0 Å². The van der Waals surface area contributed by atoms with Crippen molar-refractivity contribution in [1.29, 1.82) is 0 Å². The van der Waals surface area contributed by atoms with Crippen LogP contribution in [0.4, 0.5) is 4.79 Å². The van der Waals surface area contributed by atoms with E-state index in [1.807, 2.05) is 69.3 Å². The third-order valence-electron chi connectivity index (χ3n) is 6.31. The van der Waals surface area contributed by atoms with Crippen molar-refractivity contribution in [1.82, 2.24) is 5.32 Å². The standard InChI is InChI=1S/C27H27NO4/c1-16-12-18(3)19(13-17(16)2)14-25(26(29)30)28-27(31)32-15-24-22-10-6-4-8-20(22)21-9-5-7-11-23(21)24/h4-13,24-25H,14-15H2,1-3H3,(H,28,31)(H,29,30)/t25-/m0/s1. The van der Waals surface area contributed by atoms with Gasteiger partial charge in [-0.3, -0.25) is 0 Å². The Kier molecular flexibility index (Phi) is 5.99. The Morgan fingerprint density at radius 2 is 1.47 bits per heavy atom. The van der Waals surface area contributed by atoms with E-state index >= 15 is 0 Å². The third kappa shape index (κ3) is 4.24. The lowest BCUT2D eigenvalue weighted by molar-refractivity contribution is -0.139. The van der Waals surface area contributed by atoms with Gasteiger partial charge in [-0.2, -0.15) is 0 Å². The van der Waals surface area contributed by atoms with Gasteiger partial charge in [0.05, 0.1) is 0 Å². The van der Waals surface area contributed by atoms with E-state index in [9.17, 15) is 14.7 Å². The molecule has 1 atom stereocenters. The molecule has 3 aromatic carbocycles. The van der Waals surface area contributed by atoms with Gasteiger partial charge in [-0.1, -0.05) is 60.7 Å². The van der Waals surface area contributed by atoms with E-state index < -0.39 is 18.1 Å². The van der Waals surface area contributed by atoms with Gasteiger partial charge in [0.2, 0.25) is 0 Å². The number of benzene rings is 3. The summed E-state index contributed by atoms with van der Waals surface area (Å²) < 4.78 is 5.52. The fraction of sp³-hybridized carbons (Fsp3) is 0.259. The number of ether oxygens (including phenoxy) is 1. The molecule has 0 aliphatic heterocycles. The van der Waals surface area contributed by atoms with E-state index in [-0.39, 0.29) is 18.9 Å². The largest absolute Gasteiger partial charge is 0.480 e. The van der Waals surface area contributed by atoms with Gasteiger partial charge in [-0.25, -0.2) is 9.59 Å². The molecule has 0 bridgehead atoms. The van der Waals surface area contributed by atoms with Gasteiger partial charge in [0.25, 0.3) is 0 Å². The predicted octanol–water partition coefficient (Wildman–Crippen LogP) is 5.15. The smallest absolute Gasteiger partial charge is 0.407 e. The zero-order valence-corrected chi connectivity index (χ0v) is 18.5. The van der Waals surface area contributed by atoms with Gasteiger partial charge in [-0.15, -0.1) is 0 Å². The number of fused-ring (bicyclic) bond motifs is 3. The average molecular weight is 430 g/mol. The summed E-state index contributed by atoms with van der Waals surface area (Å²) in [6, 6.07) is 19.1. The lowest BCUT2D eigenvalue weighted by Crippen LogP contribution is -2.43. The normalized spacial score (nSPS) is 13.2. The summed E-state index contributed by atoms with van der Waals surface area (Å²) in [5, 5.41) is 12.2. The lowest BCUT2D eigenvalue weighted by atomic mass is 9.96. The number of hydrogen-bond donors (Lipinski definition) is 2. The molecule has 0 saturated heterocycles. The second kappa shape index (κ2) is 8.87. The summed E-state index contributed by atoms with van der Waals surface area (Å²) >= 11 is 0. The number of carbonyl (C=O) groups is 2. The van der Waals surface area contributed by atoms with Crippen molar-refractivity contribution in [2.24, 2.45) is 0 Å². The topological polar surface area (TPSA) is 75.6 Å². The molecule has 0 unspecified atom stereocenters. The third-order valence-corrected chi connectivity index (χ3v) is 6.31. The SMILES string of the molecule is Cc1cc(C)c(C[C@H](NC(=O)OCC2c3ccccc3-c3ccccc32)C(=O)O)cc1C. The Balaban J connectivity index is 1.45. The number of carboxylic acids is 1. The Hall–Kier alpha value is -3.60. The first-order valence-corrected chi connectivity index (χ1v) is 10.8. The number of hydrogen-bond acceptors (Lipinski definition) is 3. The monoisotopic (exact) mass is 429 g/mol. The minimum absolute atomic E-state index is 0.0709. The first kappa shape index (κ1) is 21.6. The number of alkyl carbamates (subject to hydrolysis) is 1. The summed E-state index contributed by atoms with van der Waals surface area (Å²) in [7, 11) is 0. The van der Waals surface area contributed by atoms with Gasteiger partial charge < -0.3 is 15.2 Å². The van der Waals surface area contributed by atoms with E-state index in [2.05, 4.69) is 17.4 Å². The number of amides is 1. The van der Waals surface area contributed by atoms with Crippen LogP contribution >= 0.6 is 0 Å². The van der Waals surface area contributed by atoms with Crippen LogP contribution in [0, 0.1) is 20.8 Å². The molecular formula is C27H27NO4. The average Bonchev–Trinajstić information content (AvgIpc) is 3.09. The highest BCUT2D eigenvalue weighted by atomic mass is 16.5. The molecule has 5 nitrogen and oxygen atoms in total. The van der Waals surface area contributed by atoms with E-state index in [0.29, 0.717) is 0 Å². The molecule has 1 aliphatic rings. The fourth-order valence-corrected chi connectivity index (χ4v) is 4.44. The van der Waals surface area contributed by atoms with Gasteiger partial charge in [0, 0.05) is 12.3 Å². The van der Waals surface area contributed by atoms with Crippen molar-refractivity contribution in [3.63, 3.8) is 0 Å². The van der Waals surface area contributed by atoms with Crippen molar-refractivity contribution < 1.29 is 19.4 Å². The van der Waals surface area contributed by atoms with E-state index in [1.54, 1.807) is 0 Å². The van der Waals surface area contributed by atoms with Crippen LogP contribution in [0.1, 0.15) is 39.3 Å². The molecule has 3 aromatic rings. The number of nitrogens with one attached hydrogen (secondary N) is 1. The van der Waals surface area contributed by atoms with Gasteiger partial charge in [0.1, 0.15) is 12.6 Å². The molecular weight excluding hydrogens is 402 g/mol. The zero-order valence-electron chi connectivity index (χ0n) is 18.5. The van der Waals surface area contributed by atoms with Crippen LogP contribution in [0.5, 0.6) is 0 Å². The molecule has 1 amide bonds. The van der Waals surface area contributed by atoms with Gasteiger partial charge in [0.15, 0.2) is 0 Å². The highest BCUT2D eigenvalue weighted by Crippen LogP contribution is 2.44. The minimum atomic E-state index is -1.09. The second-order valence-corrected chi connectivity index (χ2v) is 8.43. The molecule has 1 aliphatic carbocycles. The Morgan fingerprint density at radius 1 is 0.906 bits per heavy atom. The molecule has 164 valence electrons. The number of aryl methyl sites for hydroxylation is 3. The molecule has 32 heavy (non-hydrogen) atoms. The molecule has 0 spiro atoms. The van der Waals surface area contributed by atoms with Crippen molar-refractivity contribution >= 4 is 12.1 Å². The number of rotatable bonds is 6. The summed E-state index contributed by atoms with van der Waals surface area (Å²) in [5.41, 5.74) is 8.67. The van der Waals surface area contributed by atoms with Crippen LogP contribution in [0.2, 0.25) is 0 Å². The molecule has 5 heteroatoms. The number of carbonyl (C=O) groups excluding carboxylic acids is 1. The summed E-state index contributed by atoms with van der Waals surface area (Å²) in [5.74, 6) is -1.16. The molecule has 0 aromatic heterocycles. The van der Waals surface area contributed by atoms with Gasteiger partial charge in [-0.05, 0) is 65.3 Å². The first-order valence-electron chi connectivity index (χ1n) is 10.8. The van der Waals surface area contributed by atoms with Gasteiger partial charge >= 0.3 is 12.1 Å². The van der Waals surface area contributed by atoms with Crippen molar-refractivity contribution in [2.45, 2.75) is 39.2 Å². The Morgan fingerprint density at radius 3 is 2.06 bits per heavy atom. The molecule has 0 heterocycles. The second-order valence-electron chi connectivity index (χ2n) is 8.43. The number of aliphatic carboxylic acids is 1. The van der Waals surface area contributed by atoms with Crippen molar-refractivity contribution in [3.8, 4) is 11.1 Å². The lowest BCUT2D eigenvalue weighted by Gasteiger charge is -2.19. The highest BCUT2D eigenvalue weighted by Gasteiger charge is 2.30. The maximum atomic E-state index is 12.5. The van der Waals surface area contributed by atoms with E-state index in [4.69, 9.17) is 4.74 Å². The zero-order chi connectivity index (χ0) is 22.8. The molecule has 0 radical (unpaired) electrons. The van der Waals surface area contributed by atoms with Crippen LogP contribution < -0.4 is 5.32 Å². The van der Waals surface area contributed by atoms with Crippen LogP contribution in [-0.2, 0) is 16.0 Å². The Labute approximate surface area is 188 Å². The molecule has 2 N–H and O–H groups in total. The minimum Gasteiger partial charge on any atom is -0.480 e. The molecule has 4 rings (SSSR count). The van der Waals surface area contributed by atoms with E-state index in [1.165, 1.54) is 0 Å². The summed E-state index contributed by atoms with van der Waals surface area (Å²) in [4.78, 5) is 24.4. The van der Waals surface area contributed by atoms with Crippen molar-refractivity contribution in [2.75, 3.05) is 6.61 Å². The maximum absolute atomic E-state index is 12.5. The summed E-state index contributed by atoms with van der Waals surface area (Å²) in [6.45, 7) is 6.12. The fourth-order valence-electron chi connectivity index (χ4n) is 4.44. The predicted molar refractivity (Wildman–Crippen MR) is 124 cm³/mol. The van der Waals surface area contributed by atoms with Crippen LogP contribution in [0.25, 0.3) is 11.1 Å². The van der Waals surface area contributed by atoms with E-state index in [0.717, 1.165) is 44.5 Å². The first-order chi connectivity index (χ1) is 15.3. The molecule has 0 saturated carbocycles. The quantitative estimate of drug-likeness (QED) is 0.568. The van der Waals surface area contributed by atoms with Crippen LogP contribution in [-0.4, -0.2) is 29.8 Å². The summed E-state index contributed by atoms with van der Waals surface area (Å²) in [6.07, 6.45) is -0.521. The maximum Gasteiger partial charge on any atom is 0.407 e. The van der Waals surface area contributed by atoms with Crippen molar-refractivity contribution in [3.05, 3.63) is 94.0 Å². The van der Waals surface area contributed by atoms with Crippen LogP contribution in [0.15, 0.2) is 60.7 Å². The number of carboxylic acid groups (broad SMARTS) is 1.